The maximum absolute atomic E-state index is 11.9. The van der Waals surface area contributed by atoms with E-state index in [1.54, 1.807) is 7.11 Å². The second-order valence-corrected chi connectivity index (χ2v) is 6.24. The van der Waals surface area contributed by atoms with Gasteiger partial charge in [0.15, 0.2) is 0 Å². The van der Waals surface area contributed by atoms with Crippen LogP contribution in [-0.4, -0.2) is 31.0 Å². The van der Waals surface area contributed by atoms with Crippen molar-refractivity contribution in [3.05, 3.63) is 29.3 Å². The zero-order valence-electron chi connectivity index (χ0n) is 10.8. The minimum absolute atomic E-state index is 0.0397. The third-order valence-electron chi connectivity index (χ3n) is 3.13. The Kier molecular flexibility index (Phi) is 4.40. The van der Waals surface area contributed by atoms with Crippen molar-refractivity contribution in [2.45, 2.75) is 24.6 Å². The third kappa shape index (κ3) is 2.93. The van der Waals surface area contributed by atoms with E-state index < -0.39 is 0 Å². The van der Waals surface area contributed by atoms with Crippen LogP contribution in [0.1, 0.15) is 18.1 Å². The summed E-state index contributed by atoms with van der Waals surface area (Å²) in [5, 5.41) is 0. The molecule has 1 aromatic rings. The lowest BCUT2D eigenvalue weighted by molar-refractivity contribution is -0.122. The molecule has 98 valence electrons. The molecular formula is C14H18BrNO2. The van der Waals surface area contributed by atoms with Crippen LogP contribution in [-0.2, 0) is 22.4 Å². The first-order valence-electron chi connectivity index (χ1n) is 6.17. The van der Waals surface area contributed by atoms with Gasteiger partial charge in [-0.2, -0.15) is 0 Å². The SMILES string of the molecule is COCC(=O)N1CCc2cc(CC(C)Br)ccc21. The highest BCUT2D eigenvalue weighted by atomic mass is 79.9. The van der Waals surface area contributed by atoms with Gasteiger partial charge in [0.05, 0.1) is 0 Å². The van der Waals surface area contributed by atoms with Gasteiger partial charge in [0.25, 0.3) is 5.91 Å². The molecule has 0 radical (unpaired) electrons. The number of rotatable bonds is 4. The van der Waals surface area contributed by atoms with Gasteiger partial charge < -0.3 is 9.64 Å². The van der Waals surface area contributed by atoms with E-state index in [1.807, 2.05) is 4.90 Å². The molecule has 0 fully saturated rings. The number of hydrogen-bond acceptors (Lipinski definition) is 2. The lowest BCUT2D eigenvalue weighted by Gasteiger charge is -2.17. The molecule has 18 heavy (non-hydrogen) atoms. The number of ether oxygens (including phenoxy) is 1. The molecule has 0 N–H and O–H groups in total. The summed E-state index contributed by atoms with van der Waals surface area (Å²) in [4.78, 5) is 14.2. The van der Waals surface area contributed by atoms with E-state index in [9.17, 15) is 4.79 Å². The van der Waals surface area contributed by atoms with Crippen molar-refractivity contribution in [3.8, 4) is 0 Å². The smallest absolute Gasteiger partial charge is 0.252 e. The highest BCUT2D eigenvalue weighted by molar-refractivity contribution is 9.09. The molecule has 1 aliphatic rings. The Labute approximate surface area is 116 Å². The second-order valence-electron chi connectivity index (χ2n) is 4.68. The molecule has 0 aliphatic carbocycles. The molecule has 0 spiro atoms. The molecule has 1 aliphatic heterocycles. The van der Waals surface area contributed by atoms with E-state index in [1.165, 1.54) is 11.1 Å². The van der Waals surface area contributed by atoms with E-state index in [4.69, 9.17) is 4.74 Å². The van der Waals surface area contributed by atoms with Gasteiger partial charge in [-0.25, -0.2) is 0 Å². The van der Waals surface area contributed by atoms with Crippen molar-refractivity contribution < 1.29 is 9.53 Å². The van der Waals surface area contributed by atoms with Crippen LogP contribution in [0.5, 0.6) is 0 Å². The summed E-state index contributed by atoms with van der Waals surface area (Å²) in [6, 6.07) is 6.38. The maximum atomic E-state index is 11.9. The minimum atomic E-state index is 0.0397. The number of methoxy groups -OCH3 is 1. The number of carbonyl (C=O) groups excluding carboxylic acids is 1. The Balaban J connectivity index is 2.17. The first-order chi connectivity index (χ1) is 8.61. The number of benzene rings is 1. The number of fused-ring (bicyclic) bond motifs is 1. The summed E-state index contributed by atoms with van der Waals surface area (Å²) in [6.07, 6.45) is 1.95. The van der Waals surface area contributed by atoms with E-state index in [2.05, 4.69) is 41.1 Å². The Bertz CT molecular complexity index is 445. The highest BCUT2D eigenvalue weighted by Crippen LogP contribution is 2.29. The summed E-state index contributed by atoms with van der Waals surface area (Å²) < 4.78 is 4.91. The van der Waals surface area contributed by atoms with Gasteiger partial charge in [-0.3, -0.25) is 4.79 Å². The average molecular weight is 312 g/mol. The first-order valence-corrected chi connectivity index (χ1v) is 7.08. The molecule has 2 rings (SSSR count). The normalized spacial score (nSPS) is 15.6. The van der Waals surface area contributed by atoms with Crippen molar-refractivity contribution in [1.29, 1.82) is 0 Å². The number of alkyl halides is 1. The predicted octanol–water partition coefficient (Wildman–Crippen LogP) is 2.55. The standard InChI is InChI=1S/C14H18BrNO2/c1-10(15)7-11-3-4-13-12(8-11)5-6-16(13)14(17)9-18-2/h3-4,8,10H,5-7,9H2,1-2H3. The quantitative estimate of drug-likeness (QED) is 0.800. The van der Waals surface area contributed by atoms with Crippen LogP contribution in [0.2, 0.25) is 0 Å². The van der Waals surface area contributed by atoms with Gasteiger partial charge in [0.1, 0.15) is 6.61 Å². The molecular weight excluding hydrogens is 294 g/mol. The molecule has 0 aromatic heterocycles. The minimum Gasteiger partial charge on any atom is -0.375 e. The summed E-state index contributed by atoms with van der Waals surface area (Å²) in [5.74, 6) is 0.0397. The molecule has 0 saturated carbocycles. The fourth-order valence-electron chi connectivity index (χ4n) is 2.37. The van der Waals surface area contributed by atoms with Crippen LogP contribution < -0.4 is 4.90 Å². The molecule has 1 aromatic carbocycles. The molecule has 4 heteroatoms. The topological polar surface area (TPSA) is 29.5 Å². The zero-order valence-corrected chi connectivity index (χ0v) is 12.4. The van der Waals surface area contributed by atoms with Gasteiger partial charge in [-0.15, -0.1) is 0 Å². The molecule has 1 heterocycles. The zero-order chi connectivity index (χ0) is 13.1. The van der Waals surface area contributed by atoms with Crippen molar-refractivity contribution in [1.82, 2.24) is 0 Å². The van der Waals surface area contributed by atoms with Crippen LogP contribution in [0, 0.1) is 0 Å². The average Bonchev–Trinajstić information content (AvgIpc) is 2.71. The number of amides is 1. The van der Waals surface area contributed by atoms with Crippen LogP contribution in [0.15, 0.2) is 18.2 Å². The van der Waals surface area contributed by atoms with Crippen LogP contribution in [0.3, 0.4) is 0 Å². The number of nitrogens with zero attached hydrogens (tertiary/aromatic N) is 1. The number of hydrogen-bond donors (Lipinski definition) is 0. The number of carbonyl (C=O) groups is 1. The van der Waals surface area contributed by atoms with E-state index >= 15 is 0 Å². The molecule has 0 bridgehead atoms. The lowest BCUT2D eigenvalue weighted by Crippen LogP contribution is -2.31. The summed E-state index contributed by atoms with van der Waals surface area (Å²) in [6.45, 7) is 3.06. The van der Waals surface area contributed by atoms with E-state index in [0.717, 1.165) is 25.1 Å². The van der Waals surface area contributed by atoms with Crippen LogP contribution in [0.4, 0.5) is 5.69 Å². The molecule has 1 unspecified atom stereocenters. The van der Waals surface area contributed by atoms with Gasteiger partial charge in [0.2, 0.25) is 0 Å². The Morgan fingerprint density at radius 2 is 2.33 bits per heavy atom. The fraction of sp³-hybridized carbons (Fsp3) is 0.500. The number of anilines is 1. The predicted molar refractivity (Wildman–Crippen MR) is 76.5 cm³/mol. The summed E-state index contributed by atoms with van der Waals surface area (Å²) >= 11 is 3.57. The van der Waals surface area contributed by atoms with Crippen LogP contribution in [0.25, 0.3) is 0 Å². The fourth-order valence-corrected chi connectivity index (χ4v) is 2.74. The first kappa shape index (κ1) is 13.6. The molecule has 1 amide bonds. The Morgan fingerprint density at radius 3 is 3.00 bits per heavy atom. The van der Waals surface area contributed by atoms with Gasteiger partial charge in [0, 0.05) is 24.2 Å². The molecule has 1 atom stereocenters. The monoisotopic (exact) mass is 311 g/mol. The summed E-state index contributed by atoms with van der Waals surface area (Å²) in [5.41, 5.74) is 3.63. The maximum Gasteiger partial charge on any atom is 0.252 e. The van der Waals surface area contributed by atoms with E-state index in [0.29, 0.717) is 4.83 Å². The van der Waals surface area contributed by atoms with Gasteiger partial charge in [-0.1, -0.05) is 35.0 Å². The molecule has 0 saturated heterocycles. The summed E-state index contributed by atoms with van der Waals surface area (Å²) in [7, 11) is 1.55. The van der Waals surface area contributed by atoms with Crippen molar-refractivity contribution in [2.24, 2.45) is 0 Å². The lowest BCUT2D eigenvalue weighted by atomic mass is 10.1. The molecule has 3 nitrogen and oxygen atoms in total. The van der Waals surface area contributed by atoms with Gasteiger partial charge >= 0.3 is 0 Å². The highest BCUT2D eigenvalue weighted by Gasteiger charge is 2.24. The third-order valence-corrected chi connectivity index (χ3v) is 3.45. The number of halogens is 1. The van der Waals surface area contributed by atoms with Crippen LogP contribution >= 0.6 is 15.9 Å². The van der Waals surface area contributed by atoms with Gasteiger partial charge in [-0.05, 0) is 30.0 Å². The Hall–Kier alpha value is -0.870. The Morgan fingerprint density at radius 1 is 1.56 bits per heavy atom. The second kappa shape index (κ2) is 5.85. The van der Waals surface area contributed by atoms with Crippen molar-refractivity contribution in [2.75, 3.05) is 25.2 Å². The largest absolute Gasteiger partial charge is 0.375 e. The van der Waals surface area contributed by atoms with Crippen molar-refractivity contribution in [3.63, 3.8) is 0 Å². The van der Waals surface area contributed by atoms with Crippen molar-refractivity contribution >= 4 is 27.5 Å². The van der Waals surface area contributed by atoms with E-state index in [-0.39, 0.29) is 12.5 Å².